The number of anilines is 2. The zero-order chi connectivity index (χ0) is 20.6. The predicted molar refractivity (Wildman–Crippen MR) is 119 cm³/mol. The highest BCUT2D eigenvalue weighted by molar-refractivity contribution is 7.99. The Kier molecular flexibility index (Phi) is 7.69. The Labute approximate surface area is 177 Å². The largest absolute Gasteiger partial charge is 0.363 e. The van der Waals surface area contributed by atoms with Gasteiger partial charge in [0.1, 0.15) is 10.8 Å². The SMILES string of the molecule is CCCSc1ncccc1C(=O)NC1CCC(Nc2nccc(N(C)C)n2)CC1. The molecule has 0 atom stereocenters. The number of hydrogen-bond donors (Lipinski definition) is 2. The third-order valence-corrected chi connectivity index (χ3v) is 6.16. The van der Waals surface area contributed by atoms with Gasteiger partial charge < -0.3 is 15.5 Å². The molecule has 3 rings (SSSR count). The maximum absolute atomic E-state index is 12.8. The zero-order valence-electron chi connectivity index (χ0n) is 17.4. The fourth-order valence-electron chi connectivity index (χ4n) is 3.37. The Morgan fingerprint density at radius 1 is 1.14 bits per heavy atom. The number of rotatable bonds is 8. The van der Waals surface area contributed by atoms with Crippen LogP contribution >= 0.6 is 11.8 Å². The van der Waals surface area contributed by atoms with Gasteiger partial charge >= 0.3 is 0 Å². The monoisotopic (exact) mass is 414 g/mol. The minimum absolute atomic E-state index is 0.0184. The molecule has 2 aromatic heterocycles. The van der Waals surface area contributed by atoms with Crippen LogP contribution in [-0.2, 0) is 0 Å². The highest BCUT2D eigenvalue weighted by atomic mass is 32.2. The van der Waals surface area contributed by atoms with Gasteiger partial charge in [0.15, 0.2) is 0 Å². The maximum atomic E-state index is 12.8. The third-order valence-electron chi connectivity index (χ3n) is 4.95. The second-order valence-corrected chi connectivity index (χ2v) is 8.59. The lowest BCUT2D eigenvalue weighted by Crippen LogP contribution is -2.40. The van der Waals surface area contributed by atoms with Crippen LogP contribution in [0.15, 0.2) is 35.6 Å². The first kappa shape index (κ1) is 21.4. The summed E-state index contributed by atoms with van der Waals surface area (Å²) in [4.78, 5) is 28.0. The van der Waals surface area contributed by atoms with Crippen LogP contribution < -0.4 is 15.5 Å². The first-order chi connectivity index (χ1) is 14.1. The Hall–Kier alpha value is -2.35. The maximum Gasteiger partial charge on any atom is 0.254 e. The van der Waals surface area contributed by atoms with Crippen molar-refractivity contribution in [3.63, 3.8) is 0 Å². The van der Waals surface area contributed by atoms with Gasteiger partial charge in [0.25, 0.3) is 5.91 Å². The van der Waals surface area contributed by atoms with Crippen LogP contribution in [0.2, 0.25) is 0 Å². The van der Waals surface area contributed by atoms with Crippen LogP contribution in [0.4, 0.5) is 11.8 Å². The van der Waals surface area contributed by atoms with Crippen LogP contribution in [0.1, 0.15) is 49.4 Å². The average Bonchev–Trinajstić information content (AvgIpc) is 2.74. The van der Waals surface area contributed by atoms with Gasteiger partial charge in [-0.2, -0.15) is 4.98 Å². The highest BCUT2D eigenvalue weighted by Crippen LogP contribution is 2.24. The topological polar surface area (TPSA) is 83.0 Å². The molecule has 0 unspecified atom stereocenters. The lowest BCUT2D eigenvalue weighted by Gasteiger charge is -2.30. The molecular weight excluding hydrogens is 384 g/mol. The summed E-state index contributed by atoms with van der Waals surface area (Å²) < 4.78 is 0. The number of thioether (sulfide) groups is 1. The van der Waals surface area contributed by atoms with Gasteiger partial charge in [0.2, 0.25) is 5.95 Å². The molecule has 29 heavy (non-hydrogen) atoms. The number of aromatic nitrogens is 3. The third kappa shape index (κ3) is 6.06. The number of carbonyl (C=O) groups is 1. The molecule has 2 heterocycles. The van der Waals surface area contributed by atoms with E-state index in [4.69, 9.17) is 0 Å². The number of nitrogens with one attached hydrogen (secondary N) is 2. The number of hydrogen-bond acceptors (Lipinski definition) is 7. The van der Waals surface area contributed by atoms with Crippen LogP contribution in [-0.4, -0.2) is 52.8 Å². The Morgan fingerprint density at radius 2 is 1.90 bits per heavy atom. The lowest BCUT2D eigenvalue weighted by atomic mass is 9.91. The van der Waals surface area contributed by atoms with Gasteiger partial charge in [-0.15, -0.1) is 11.8 Å². The Balaban J connectivity index is 1.51. The van der Waals surface area contributed by atoms with Crippen molar-refractivity contribution in [3.8, 4) is 0 Å². The van der Waals surface area contributed by atoms with E-state index < -0.39 is 0 Å². The molecule has 0 bridgehead atoms. The molecule has 8 heteroatoms. The summed E-state index contributed by atoms with van der Waals surface area (Å²) in [6.45, 7) is 2.13. The van der Waals surface area contributed by atoms with E-state index in [-0.39, 0.29) is 11.9 Å². The van der Waals surface area contributed by atoms with Gasteiger partial charge in [0, 0.05) is 38.6 Å². The smallest absolute Gasteiger partial charge is 0.254 e. The molecule has 7 nitrogen and oxygen atoms in total. The number of amides is 1. The van der Waals surface area contributed by atoms with Gasteiger partial charge in [0.05, 0.1) is 5.56 Å². The number of carbonyl (C=O) groups excluding carboxylic acids is 1. The zero-order valence-corrected chi connectivity index (χ0v) is 18.2. The van der Waals surface area contributed by atoms with E-state index in [0.717, 1.165) is 48.7 Å². The molecule has 2 aromatic rings. The van der Waals surface area contributed by atoms with Crippen molar-refractivity contribution >= 4 is 29.4 Å². The van der Waals surface area contributed by atoms with Crippen molar-refractivity contribution in [1.82, 2.24) is 20.3 Å². The molecule has 0 saturated heterocycles. The fourth-order valence-corrected chi connectivity index (χ4v) is 4.22. The molecule has 1 saturated carbocycles. The molecule has 2 N–H and O–H groups in total. The average molecular weight is 415 g/mol. The normalized spacial score (nSPS) is 18.9. The van der Waals surface area contributed by atoms with Crippen molar-refractivity contribution < 1.29 is 4.79 Å². The van der Waals surface area contributed by atoms with Crippen molar-refractivity contribution in [2.24, 2.45) is 0 Å². The van der Waals surface area contributed by atoms with E-state index in [0.29, 0.717) is 17.6 Å². The van der Waals surface area contributed by atoms with Crippen molar-refractivity contribution in [3.05, 3.63) is 36.2 Å². The minimum atomic E-state index is -0.0184. The van der Waals surface area contributed by atoms with Crippen molar-refractivity contribution in [2.75, 3.05) is 30.1 Å². The molecule has 1 aliphatic rings. The lowest BCUT2D eigenvalue weighted by molar-refractivity contribution is 0.0923. The van der Waals surface area contributed by atoms with E-state index >= 15 is 0 Å². The summed E-state index contributed by atoms with van der Waals surface area (Å²) >= 11 is 1.64. The van der Waals surface area contributed by atoms with Gasteiger partial charge in [-0.25, -0.2) is 9.97 Å². The molecular formula is C21H30N6OS. The Morgan fingerprint density at radius 3 is 2.62 bits per heavy atom. The molecule has 0 aromatic carbocycles. The summed E-state index contributed by atoms with van der Waals surface area (Å²) in [6.07, 6.45) is 8.41. The van der Waals surface area contributed by atoms with Crippen LogP contribution in [0.25, 0.3) is 0 Å². The molecule has 156 valence electrons. The van der Waals surface area contributed by atoms with E-state index in [1.54, 1.807) is 24.2 Å². The summed E-state index contributed by atoms with van der Waals surface area (Å²) in [6, 6.07) is 6.10. The quantitative estimate of drug-likeness (QED) is 0.639. The molecule has 1 amide bonds. The van der Waals surface area contributed by atoms with Crippen LogP contribution in [0.3, 0.4) is 0 Å². The summed E-state index contributed by atoms with van der Waals surface area (Å²) in [5.41, 5.74) is 0.681. The predicted octanol–water partition coefficient (Wildman–Crippen LogP) is 3.59. The molecule has 1 aliphatic carbocycles. The fraction of sp³-hybridized carbons (Fsp3) is 0.524. The van der Waals surface area contributed by atoms with Crippen molar-refractivity contribution in [1.29, 1.82) is 0 Å². The van der Waals surface area contributed by atoms with Crippen molar-refractivity contribution in [2.45, 2.75) is 56.1 Å². The van der Waals surface area contributed by atoms with Gasteiger partial charge in [-0.05, 0) is 56.1 Å². The number of pyridine rings is 1. The summed E-state index contributed by atoms with van der Waals surface area (Å²) in [7, 11) is 3.93. The molecule has 0 aliphatic heterocycles. The first-order valence-corrected chi connectivity index (χ1v) is 11.2. The van der Waals surface area contributed by atoms with Crippen LogP contribution in [0.5, 0.6) is 0 Å². The molecule has 1 fully saturated rings. The van der Waals surface area contributed by atoms with E-state index in [1.807, 2.05) is 37.2 Å². The Bertz CT molecular complexity index is 807. The summed E-state index contributed by atoms with van der Waals surface area (Å²) in [5, 5.41) is 7.46. The highest BCUT2D eigenvalue weighted by Gasteiger charge is 2.24. The molecule has 0 spiro atoms. The molecule has 0 radical (unpaired) electrons. The standard InChI is InChI=1S/C21H30N6OS/c1-4-14-29-20-17(6-5-12-22-20)19(28)24-15-7-9-16(10-8-15)25-21-23-13-11-18(26-21)27(2)3/h5-6,11-13,15-16H,4,7-10,14H2,1-3H3,(H,24,28)(H,23,25,26). The van der Waals surface area contributed by atoms with E-state index in [9.17, 15) is 4.79 Å². The second-order valence-electron chi connectivity index (χ2n) is 7.50. The first-order valence-electron chi connectivity index (χ1n) is 10.2. The minimum Gasteiger partial charge on any atom is -0.363 e. The van der Waals surface area contributed by atoms with Gasteiger partial charge in [-0.3, -0.25) is 4.79 Å². The second kappa shape index (κ2) is 10.4. The summed E-state index contributed by atoms with van der Waals surface area (Å²) in [5.74, 6) is 2.49. The van der Waals surface area contributed by atoms with E-state index in [2.05, 4.69) is 32.5 Å². The van der Waals surface area contributed by atoms with E-state index in [1.165, 1.54) is 0 Å². The van der Waals surface area contributed by atoms with Gasteiger partial charge in [-0.1, -0.05) is 6.92 Å². The number of nitrogens with zero attached hydrogens (tertiary/aromatic N) is 4. The van der Waals surface area contributed by atoms with Crippen LogP contribution in [0, 0.1) is 0 Å².